The summed E-state index contributed by atoms with van der Waals surface area (Å²) in [5, 5.41) is 0. The Kier molecular flexibility index (Phi) is 7.66. The van der Waals surface area contributed by atoms with Gasteiger partial charge in [-0.25, -0.2) is 0 Å². The van der Waals surface area contributed by atoms with Crippen LogP contribution >= 0.6 is 0 Å². The Morgan fingerprint density at radius 2 is 1.81 bits per heavy atom. The molecule has 0 heterocycles. The maximum atomic E-state index is 6.22. The number of likely N-dealkylation sites (N-methyl/N-ethyl adjacent to an activating group) is 1. The minimum absolute atomic E-state index is 0.214. The highest BCUT2D eigenvalue weighted by Gasteiger charge is 2.41. The normalized spacial score (nSPS) is 27.3. The van der Waals surface area contributed by atoms with E-state index >= 15 is 0 Å². The molecular formula is C18H38N2O. The molecule has 3 nitrogen and oxygen atoms in total. The van der Waals surface area contributed by atoms with Crippen molar-refractivity contribution in [2.24, 2.45) is 17.1 Å². The van der Waals surface area contributed by atoms with Gasteiger partial charge in [0.05, 0.1) is 6.61 Å². The van der Waals surface area contributed by atoms with Crippen LogP contribution in [0.4, 0.5) is 0 Å². The average molecular weight is 299 g/mol. The van der Waals surface area contributed by atoms with Gasteiger partial charge in [0, 0.05) is 25.2 Å². The van der Waals surface area contributed by atoms with Gasteiger partial charge in [0.15, 0.2) is 0 Å². The smallest absolute Gasteiger partial charge is 0.0593 e. The average Bonchev–Trinajstić information content (AvgIpc) is 2.51. The molecule has 0 bridgehead atoms. The number of nitrogens with two attached hydrogens (primary N) is 1. The van der Waals surface area contributed by atoms with Gasteiger partial charge in [-0.3, -0.25) is 4.90 Å². The molecule has 0 amide bonds. The predicted molar refractivity (Wildman–Crippen MR) is 91.6 cm³/mol. The molecule has 0 unspecified atom stereocenters. The van der Waals surface area contributed by atoms with Crippen LogP contribution < -0.4 is 5.73 Å². The largest absolute Gasteiger partial charge is 0.380 e. The fourth-order valence-electron chi connectivity index (χ4n) is 3.92. The minimum Gasteiger partial charge on any atom is -0.380 e. The van der Waals surface area contributed by atoms with Gasteiger partial charge in [-0.05, 0) is 50.5 Å². The van der Waals surface area contributed by atoms with Crippen LogP contribution in [0.2, 0.25) is 0 Å². The molecule has 2 N–H and O–H groups in total. The van der Waals surface area contributed by atoms with E-state index in [1.165, 1.54) is 32.1 Å². The van der Waals surface area contributed by atoms with Crippen LogP contribution in [-0.2, 0) is 4.74 Å². The van der Waals surface area contributed by atoms with Crippen molar-refractivity contribution in [2.45, 2.75) is 72.3 Å². The van der Waals surface area contributed by atoms with Crippen molar-refractivity contribution < 1.29 is 4.74 Å². The molecule has 0 saturated heterocycles. The highest BCUT2D eigenvalue weighted by Crippen LogP contribution is 2.44. The van der Waals surface area contributed by atoms with E-state index in [0.29, 0.717) is 5.41 Å². The zero-order valence-corrected chi connectivity index (χ0v) is 15.1. The van der Waals surface area contributed by atoms with Crippen molar-refractivity contribution in [1.29, 1.82) is 0 Å². The fraction of sp³-hybridized carbons (Fsp3) is 1.00. The first-order valence-electron chi connectivity index (χ1n) is 8.98. The van der Waals surface area contributed by atoms with Crippen LogP contribution in [0.5, 0.6) is 0 Å². The Bertz CT molecular complexity index is 283. The molecule has 0 atom stereocenters. The molecule has 1 aliphatic rings. The molecular weight excluding hydrogens is 260 g/mol. The van der Waals surface area contributed by atoms with Gasteiger partial charge < -0.3 is 10.5 Å². The third kappa shape index (κ3) is 4.67. The van der Waals surface area contributed by atoms with Gasteiger partial charge in [-0.1, -0.05) is 34.1 Å². The van der Waals surface area contributed by atoms with Gasteiger partial charge in [0.2, 0.25) is 0 Å². The zero-order valence-electron chi connectivity index (χ0n) is 15.1. The highest BCUT2D eigenvalue weighted by molar-refractivity contribution is 4.97. The topological polar surface area (TPSA) is 38.5 Å². The van der Waals surface area contributed by atoms with Crippen molar-refractivity contribution in [3.63, 3.8) is 0 Å². The van der Waals surface area contributed by atoms with Crippen LogP contribution in [0.15, 0.2) is 0 Å². The molecule has 1 fully saturated rings. The fourth-order valence-corrected chi connectivity index (χ4v) is 3.92. The summed E-state index contributed by atoms with van der Waals surface area (Å²) in [7, 11) is 0. The van der Waals surface area contributed by atoms with Crippen molar-refractivity contribution in [3.8, 4) is 0 Å². The summed E-state index contributed by atoms with van der Waals surface area (Å²) in [5.74, 6) is 0.854. The molecule has 0 aliphatic heterocycles. The van der Waals surface area contributed by atoms with E-state index in [4.69, 9.17) is 10.5 Å². The molecule has 1 rings (SSSR count). The molecule has 1 saturated carbocycles. The van der Waals surface area contributed by atoms with E-state index in [9.17, 15) is 0 Å². The molecule has 126 valence electrons. The summed E-state index contributed by atoms with van der Waals surface area (Å²) >= 11 is 0. The van der Waals surface area contributed by atoms with Gasteiger partial charge >= 0.3 is 0 Å². The SMILES string of the molecule is CCOCCN(CC)C1(CN)CCC(C(C)(C)CC)CC1. The van der Waals surface area contributed by atoms with Crippen molar-refractivity contribution in [2.75, 3.05) is 32.8 Å². The van der Waals surface area contributed by atoms with Crippen molar-refractivity contribution in [1.82, 2.24) is 4.90 Å². The lowest BCUT2D eigenvalue weighted by molar-refractivity contribution is 0.00190. The Morgan fingerprint density at radius 1 is 1.19 bits per heavy atom. The molecule has 0 spiro atoms. The van der Waals surface area contributed by atoms with Gasteiger partial charge in [0.25, 0.3) is 0 Å². The maximum Gasteiger partial charge on any atom is 0.0593 e. The first kappa shape index (κ1) is 18.9. The summed E-state index contributed by atoms with van der Waals surface area (Å²) < 4.78 is 5.56. The number of ether oxygens (including phenoxy) is 1. The van der Waals surface area contributed by atoms with Crippen molar-refractivity contribution in [3.05, 3.63) is 0 Å². The van der Waals surface area contributed by atoms with Gasteiger partial charge in [-0.15, -0.1) is 0 Å². The Hall–Kier alpha value is -0.120. The number of rotatable bonds is 9. The number of hydrogen-bond acceptors (Lipinski definition) is 3. The number of nitrogens with zero attached hydrogens (tertiary/aromatic N) is 1. The standard InChI is InChI=1S/C18H38N2O/c1-6-17(4,5)16-9-11-18(15-19,12-10-16)20(7-2)13-14-21-8-3/h16H,6-15,19H2,1-5H3. The highest BCUT2D eigenvalue weighted by atomic mass is 16.5. The molecule has 0 aromatic carbocycles. The maximum absolute atomic E-state index is 6.22. The molecule has 0 radical (unpaired) electrons. The van der Waals surface area contributed by atoms with E-state index < -0.39 is 0 Å². The van der Waals surface area contributed by atoms with Crippen molar-refractivity contribution >= 4 is 0 Å². The van der Waals surface area contributed by atoms with Gasteiger partial charge in [0.1, 0.15) is 0 Å². The molecule has 21 heavy (non-hydrogen) atoms. The lowest BCUT2D eigenvalue weighted by Gasteiger charge is -2.50. The summed E-state index contributed by atoms with van der Waals surface area (Å²) in [4.78, 5) is 2.58. The summed E-state index contributed by atoms with van der Waals surface area (Å²) in [6, 6.07) is 0. The lowest BCUT2D eigenvalue weighted by atomic mass is 9.65. The monoisotopic (exact) mass is 298 g/mol. The van der Waals surface area contributed by atoms with Crippen LogP contribution in [0.1, 0.15) is 66.7 Å². The predicted octanol–water partition coefficient (Wildman–Crippen LogP) is 3.67. The van der Waals surface area contributed by atoms with Crippen LogP contribution in [0.25, 0.3) is 0 Å². The zero-order chi connectivity index (χ0) is 15.9. The second-order valence-corrected chi connectivity index (χ2v) is 7.32. The second-order valence-electron chi connectivity index (χ2n) is 7.32. The van der Waals surface area contributed by atoms with Crippen LogP contribution in [0.3, 0.4) is 0 Å². The summed E-state index contributed by atoms with van der Waals surface area (Å²) in [5.41, 5.74) is 6.91. The first-order valence-corrected chi connectivity index (χ1v) is 8.98. The molecule has 0 aromatic heterocycles. The Balaban J connectivity index is 2.66. The quantitative estimate of drug-likeness (QED) is 0.660. The van der Waals surface area contributed by atoms with Crippen LogP contribution in [-0.4, -0.2) is 43.3 Å². The second kappa shape index (κ2) is 8.50. The Morgan fingerprint density at radius 3 is 2.24 bits per heavy atom. The van der Waals surface area contributed by atoms with E-state index in [-0.39, 0.29) is 5.54 Å². The van der Waals surface area contributed by atoms with Crippen LogP contribution in [0, 0.1) is 11.3 Å². The third-order valence-corrected chi connectivity index (χ3v) is 6.07. The van der Waals surface area contributed by atoms with Gasteiger partial charge in [-0.2, -0.15) is 0 Å². The summed E-state index contributed by atoms with van der Waals surface area (Å²) in [6.07, 6.45) is 6.41. The van der Waals surface area contributed by atoms with E-state index in [1.807, 2.05) is 0 Å². The first-order chi connectivity index (χ1) is 9.95. The molecule has 1 aliphatic carbocycles. The summed E-state index contributed by atoms with van der Waals surface area (Å²) in [6.45, 7) is 16.0. The molecule has 3 heteroatoms. The third-order valence-electron chi connectivity index (χ3n) is 6.07. The van der Waals surface area contributed by atoms with E-state index in [2.05, 4.69) is 39.5 Å². The molecule has 0 aromatic rings. The Labute approximate surface area is 132 Å². The van der Waals surface area contributed by atoms with E-state index in [1.54, 1.807) is 0 Å². The van der Waals surface area contributed by atoms with E-state index in [0.717, 1.165) is 38.8 Å². The minimum atomic E-state index is 0.214. The lowest BCUT2D eigenvalue weighted by Crippen LogP contribution is -2.57. The number of hydrogen-bond donors (Lipinski definition) is 1.